The molecule has 0 saturated heterocycles. The Morgan fingerprint density at radius 3 is 1.30 bits per heavy atom. The van der Waals surface area contributed by atoms with Crippen LogP contribution in [0.1, 0.15) is 13.8 Å². The van der Waals surface area contributed by atoms with Crippen molar-refractivity contribution >= 4 is 45.1 Å². The quantitative estimate of drug-likeness (QED) is 0.504. The molecule has 0 saturated carbocycles. The van der Waals surface area contributed by atoms with Crippen LogP contribution in [-0.4, -0.2) is 21.7 Å². The molecule has 0 heterocycles. The van der Waals surface area contributed by atoms with E-state index in [0.717, 1.165) is 9.16 Å². The molecule has 2 atom stereocenters. The summed E-state index contributed by atoms with van der Waals surface area (Å²) in [5.41, 5.74) is 0. The van der Waals surface area contributed by atoms with Gasteiger partial charge in [-0.25, -0.2) is 0 Å². The minimum absolute atomic E-state index is 0.722. The van der Waals surface area contributed by atoms with E-state index in [1.165, 1.54) is 0 Å². The van der Waals surface area contributed by atoms with Gasteiger partial charge in [0.2, 0.25) is 0 Å². The summed E-state index contributed by atoms with van der Waals surface area (Å²) < 4.78 is 1.44. The third-order valence-electron chi connectivity index (χ3n) is 0.990. The summed E-state index contributed by atoms with van der Waals surface area (Å²) in [6.45, 7) is 4.49. The topological polar surface area (TPSA) is 0 Å². The van der Waals surface area contributed by atoms with Gasteiger partial charge in [-0.3, -0.25) is 0 Å². The van der Waals surface area contributed by atoms with Crippen molar-refractivity contribution in [1.82, 2.24) is 0 Å². The Bertz CT molecular complexity index is 66.1. The Hall–Kier alpha value is 1.40. The molecule has 10 heavy (non-hydrogen) atoms. The first-order valence-corrected chi connectivity index (χ1v) is 7.93. The molecule has 0 aromatic heterocycles. The normalized spacial score (nSPS) is 16.8. The lowest BCUT2D eigenvalue weighted by Gasteiger charge is -2.09. The number of thioether (sulfide) groups is 2. The van der Waals surface area contributed by atoms with E-state index in [2.05, 4.69) is 26.4 Å². The van der Waals surface area contributed by atoms with Crippen LogP contribution in [0.5, 0.6) is 0 Å². The van der Waals surface area contributed by atoms with Crippen molar-refractivity contribution in [3.8, 4) is 0 Å². The molecule has 0 aliphatic heterocycles. The standard InChI is InChI=1S/C6H14S4/c1-5(7-3)9-10-6(2)8-4/h5-6H,1-4H3. The summed E-state index contributed by atoms with van der Waals surface area (Å²) in [5.74, 6) is 0. The Morgan fingerprint density at radius 2 is 1.10 bits per heavy atom. The molecule has 0 aromatic carbocycles. The predicted molar refractivity (Wildman–Crippen MR) is 61.1 cm³/mol. The molecule has 0 rings (SSSR count). The van der Waals surface area contributed by atoms with Crippen molar-refractivity contribution in [2.45, 2.75) is 23.0 Å². The van der Waals surface area contributed by atoms with Crippen LogP contribution < -0.4 is 0 Å². The maximum atomic E-state index is 2.25. The van der Waals surface area contributed by atoms with Crippen LogP contribution in [0.3, 0.4) is 0 Å². The van der Waals surface area contributed by atoms with Crippen molar-refractivity contribution in [3.05, 3.63) is 0 Å². The molecule has 0 spiro atoms. The van der Waals surface area contributed by atoms with Crippen LogP contribution in [-0.2, 0) is 0 Å². The van der Waals surface area contributed by atoms with E-state index in [0.29, 0.717) is 0 Å². The average molecular weight is 214 g/mol. The molecule has 0 aliphatic carbocycles. The fraction of sp³-hybridized carbons (Fsp3) is 1.00. The Balaban J connectivity index is 3.17. The van der Waals surface area contributed by atoms with E-state index in [9.17, 15) is 0 Å². The molecule has 0 fully saturated rings. The smallest absolute Gasteiger partial charge is 0.0575 e. The van der Waals surface area contributed by atoms with Crippen LogP contribution in [0.25, 0.3) is 0 Å². The molecule has 0 aromatic rings. The van der Waals surface area contributed by atoms with E-state index in [4.69, 9.17) is 0 Å². The fourth-order valence-electron chi connectivity index (χ4n) is 0.235. The highest BCUT2D eigenvalue weighted by atomic mass is 33.1. The summed E-state index contributed by atoms with van der Waals surface area (Å²) >= 11 is 3.82. The molecular weight excluding hydrogens is 200 g/mol. The summed E-state index contributed by atoms with van der Waals surface area (Å²) in [5, 5.41) is 0. The summed E-state index contributed by atoms with van der Waals surface area (Å²) in [6, 6.07) is 0. The minimum atomic E-state index is 0.722. The molecule has 0 bridgehead atoms. The van der Waals surface area contributed by atoms with Gasteiger partial charge >= 0.3 is 0 Å². The molecule has 0 N–H and O–H groups in total. The van der Waals surface area contributed by atoms with Gasteiger partial charge in [-0.2, -0.15) is 23.5 Å². The highest BCUT2D eigenvalue weighted by Gasteiger charge is 2.04. The van der Waals surface area contributed by atoms with E-state index >= 15 is 0 Å². The van der Waals surface area contributed by atoms with Gasteiger partial charge in [0, 0.05) is 0 Å². The third kappa shape index (κ3) is 6.13. The van der Waals surface area contributed by atoms with Crippen molar-refractivity contribution in [1.29, 1.82) is 0 Å². The van der Waals surface area contributed by atoms with Crippen molar-refractivity contribution in [2.75, 3.05) is 12.5 Å². The predicted octanol–water partition coefficient (Wildman–Crippen LogP) is 3.79. The molecule has 0 nitrogen and oxygen atoms in total. The number of hydrogen-bond donors (Lipinski definition) is 0. The van der Waals surface area contributed by atoms with Gasteiger partial charge in [-0.05, 0) is 26.4 Å². The lowest BCUT2D eigenvalue weighted by atomic mass is 11.0. The molecule has 2 unspecified atom stereocenters. The first kappa shape index (κ1) is 11.4. The van der Waals surface area contributed by atoms with Gasteiger partial charge in [0.05, 0.1) is 9.16 Å². The van der Waals surface area contributed by atoms with Crippen molar-refractivity contribution in [3.63, 3.8) is 0 Å². The second kappa shape index (κ2) is 7.07. The second-order valence-corrected chi connectivity index (χ2v) is 7.71. The van der Waals surface area contributed by atoms with Crippen molar-refractivity contribution < 1.29 is 0 Å². The highest BCUT2D eigenvalue weighted by Crippen LogP contribution is 2.38. The summed E-state index contributed by atoms with van der Waals surface area (Å²) in [4.78, 5) is 0. The Morgan fingerprint density at radius 1 is 0.800 bits per heavy atom. The fourth-order valence-corrected chi connectivity index (χ4v) is 4.35. The van der Waals surface area contributed by atoms with Crippen LogP contribution in [0.4, 0.5) is 0 Å². The zero-order valence-corrected chi connectivity index (χ0v) is 10.1. The molecule has 62 valence electrons. The third-order valence-corrected chi connectivity index (χ3v) is 7.50. The molecule has 4 heteroatoms. The zero-order chi connectivity index (χ0) is 7.98. The number of hydrogen-bond acceptors (Lipinski definition) is 4. The highest BCUT2D eigenvalue weighted by molar-refractivity contribution is 8.80. The van der Waals surface area contributed by atoms with Gasteiger partial charge in [-0.1, -0.05) is 21.6 Å². The molecular formula is C6H14S4. The maximum absolute atomic E-state index is 2.25. The average Bonchev–Trinajstić information content (AvgIpc) is 1.99. The zero-order valence-electron chi connectivity index (χ0n) is 6.79. The van der Waals surface area contributed by atoms with Crippen LogP contribution in [0, 0.1) is 0 Å². The SMILES string of the molecule is CSC(C)SSC(C)SC. The maximum Gasteiger partial charge on any atom is 0.0575 e. The summed E-state index contributed by atoms with van der Waals surface area (Å²) in [7, 11) is 3.94. The van der Waals surface area contributed by atoms with E-state index in [1.807, 2.05) is 45.1 Å². The van der Waals surface area contributed by atoms with Crippen LogP contribution in [0.2, 0.25) is 0 Å². The van der Waals surface area contributed by atoms with Gasteiger partial charge in [0.25, 0.3) is 0 Å². The van der Waals surface area contributed by atoms with Crippen LogP contribution in [0.15, 0.2) is 0 Å². The Kier molecular flexibility index (Phi) is 8.06. The van der Waals surface area contributed by atoms with Gasteiger partial charge in [-0.15, -0.1) is 0 Å². The Labute approximate surface area is 80.5 Å². The van der Waals surface area contributed by atoms with Crippen molar-refractivity contribution in [2.24, 2.45) is 0 Å². The van der Waals surface area contributed by atoms with Gasteiger partial charge < -0.3 is 0 Å². The number of rotatable bonds is 5. The molecule has 0 radical (unpaired) electrons. The lowest BCUT2D eigenvalue weighted by molar-refractivity contribution is 1.43. The van der Waals surface area contributed by atoms with E-state index in [-0.39, 0.29) is 0 Å². The largest absolute Gasteiger partial charge is 0.150 e. The lowest BCUT2D eigenvalue weighted by Crippen LogP contribution is -1.87. The minimum Gasteiger partial charge on any atom is -0.150 e. The molecule has 0 amide bonds. The summed E-state index contributed by atoms with van der Waals surface area (Å²) in [6.07, 6.45) is 4.31. The first-order valence-electron chi connectivity index (χ1n) is 3.08. The van der Waals surface area contributed by atoms with E-state index in [1.54, 1.807) is 0 Å². The monoisotopic (exact) mass is 214 g/mol. The van der Waals surface area contributed by atoms with Gasteiger partial charge in [0.1, 0.15) is 0 Å². The first-order chi connectivity index (χ1) is 4.70. The van der Waals surface area contributed by atoms with Gasteiger partial charge in [0.15, 0.2) is 0 Å². The van der Waals surface area contributed by atoms with E-state index < -0.39 is 0 Å². The molecule has 0 aliphatic rings. The van der Waals surface area contributed by atoms with Crippen LogP contribution >= 0.6 is 45.1 Å². The second-order valence-electron chi connectivity index (χ2n) is 1.80.